The van der Waals surface area contributed by atoms with Gasteiger partial charge in [0.15, 0.2) is 0 Å². The topological polar surface area (TPSA) is 115 Å². The summed E-state index contributed by atoms with van der Waals surface area (Å²) in [5.41, 5.74) is 2.08. The second-order valence-corrected chi connectivity index (χ2v) is 8.31. The van der Waals surface area contributed by atoms with E-state index in [4.69, 9.17) is 9.56 Å². The molecule has 3 aromatic rings. The van der Waals surface area contributed by atoms with E-state index in [2.05, 4.69) is 10.3 Å². The summed E-state index contributed by atoms with van der Waals surface area (Å²) >= 11 is 1.53. The van der Waals surface area contributed by atoms with Gasteiger partial charge in [-0.15, -0.1) is 11.3 Å². The largest absolute Gasteiger partial charge is 0.464 e. The Morgan fingerprint density at radius 3 is 2.58 bits per heavy atom. The molecule has 1 amide bonds. The number of anilines is 1. The molecular formula is C17H17N3O4S2. The lowest BCUT2D eigenvalue weighted by Gasteiger charge is -2.07. The van der Waals surface area contributed by atoms with Crippen LogP contribution in [0.25, 0.3) is 11.3 Å². The molecule has 9 heteroatoms. The van der Waals surface area contributed by atoms with Crippen molar-refractivity contribution in [3.05, 3.63) is 51.7 Å². The van der Waals surface area contributed by atoms with Crippen LogP contribution in [0.15, 0.2) is 39.0 Å². The molecule has 0 unspecified atom stereocenters. The molecule has 0 aliphatic carbocycles. The summed E-state index contributed by atoms with van der Waals surface area (Å²) in [5, 5.41) is 10.8. The molecule has 0 saturated carbocycles. The lowest BCUT2D eigenvalue weighted by Crippen LogP contribution is -2.20. The number of benzene rings is 1. The first-order chi connectivity index (χ1) is 12.2. The van der Waals surface area contributed by atoms with Crippen molar-refractivity contribution in [1.29, 1.82) is 0 Å². The number of nitrogens with zero attached hydrogens (tertiary/aromatic N) is 1. The van der Waals surface area contributed by atoms with E-state index < -0.39 is 15.9 Å². The summed E-state index contributed by atoms with van der Waals surface area (Å²) in [4.78, 5) is 16.8. The third-order valence-electron chi connectivity index (χ3n) is 3.75. The lowest BCUT2D eigenvalue weighted by molar-refractivity contribution is 0.102. The second-order valence-electron chi connectivity index (χ2n) is 5.75. The smallest absolute Gasteiger partial charge is 0.260 e. The fraction of sp³-hybridized carbons (Fsp3) is 0.176. The van der Waals surface area contributed by atoms with Crippen molar-refractivity contribution in [2.75, 3.05) is 5.32 Å². The van der Waals surface area contributed by atoms with Crippen LogP contribution in [-0.2, 0) is 10.0 Å². The maximum absolute atomic E-state index is 12.7. The molecule has 3 rings (SSSR count). The first-order valence-electron chi connectivity index (χ1n) is 7.63. The predicted octanol–water partition coefficient (Wildman–Crippen LogP) is 3.23. The number of carbonyl (C=O) groups excluding carboxylic acids is 1. The van der Waals surface area contributed by atoms with E-state index in [0.29, 0.717) is 5.69 Å². The zero-order valence-electron chi connectivity index (χ0n) is 14.4. The average Bonchev–Trinajstić information content (AvgIpc) is 3.10. The first kappa shape index (κ1) is 18.3. The molecule has 0 aliphatic rings. The highest BCUT2D eigenvalue weighted by atomic mass is 32.2. The Morgan fingerprint density at radius 2 is 1.96 bits per heavy atom. The molecule has 0 spiro atoms. The minimum absolute atomic E-state index is 0.0834. The molecule has 3 N–H and O–H groups in total. The summed E-state index contributed by atoms with van der Waals surface area (Å²) in [6.07, 6.45) is 0. The van der Waals surface area contributed by atoms with Gasteiger partial charge in [0.2, 0.25) is 10.0 Å². The Morgan fingerprint density at radius 1 is 1.23 bits per heavy atom. The molecular weight excluding hydrogens is 374 g/mol. The van der Waals surface area contributed by atoms with E-state index >= 15 is 0 Å². The number of furan rings is 1. The van der Waals surface area contributed by atoms with Crippen molar-refractivity contribution >= 4 is 33.0 Å². The maximum Gasteiger partial charge on any atom is 0.260 e. The van der Waals surface area contributed by atoms with E-state index in [-0.39, 0.29) is 22.0 Å². The van der Waals surface area contributed by atoms with E-state index in [1.165, 1.54) is 25.2 Å². The molecule has 0 aliphatic heterocycles. The van der Waals surface area contributed by atoms with Gasteiger partial charge in [-0.3, -0.25) is 4.79 Å². The number of nitrogens with one attached hydrogen (secondary N) is 1. The van der Waals surface area contributed by atoms with Gasteiger partial charge in [0, 0.05) is 16.6 Å². The summed E-state index contributed by atoms with van der Waals surface area (Å²) < 4.78 is 28.9. The third kappa shape index (κ3) is 3.55. The summed E-state index contributed by atoms with van der Waals surface area (Å²) in [7, 11) is -4.09. The highest BCUT2D eigenvalue weighted by Gasteiger charge is 2.28. The number of thiazole rings is 1. The van der Waals surface area contributed by atoms with Gasteiger partial charge in [-0.25, -0.2) is 18.5 Å². The molecule has 0 fully saturated rings. The van der Waals surface area contributed by atoms with Crippen LogP contribution < -0.4 is 10.5 Å². The lowest BCUT2D eigenvalue weighted by atomic mass is 10.1. The molecule has 136 valence electrons. The van der Waals surface area contributed by atoms with Gasteiger partial charge in [0.25, 0.3) is 5.91 Å². The number of hydrogen-bond donors (Lipinski definition) is 2. The van der Waals surface area contributed by atoms with Crippen LogP contribution in [0.4, 0.5) is 5.69 Å². The van der Waals surface area contributed by atoms with Gasteiger partial charge in [0.1, 0.15) is 22.0 Å². The SMILES string of the molecule is Cc1nc(-c2cccc(NC(=O)c3c(C)oc(C)c3S(N)(=O)=O)c2)cs1. The Hall–Kier alpha value is -2.49. The number of rotatable bonds is 4. The van der Waals surface area contributed by atoms with Crippen LogP contribution >= 0.6 is 11.3 Å². The zero-order chi connectivity index (χ0) is 19.1. The number of nitrogens with two attached hydrogens (primary N) is 1. The van der Waals surface area contributed by atoms with E-state index in [1.54, 1.807) is 18.2 Å². The normalized spacial score (nSPS) is 11.5. The van der Waals surface area contributed by atoms with Gasteiger partial charge >= 0.3 is 0 Å². The summed E-state index contributed by atoms with van der Waals surface area (Å²) in [6, 6.07) is 7.14. The fourth-order valence-electron chi connectivity index (χ4n) is 2.71. The molecule has 0 atom stereocenters. The van der Waals surface area contributed by atoms with Gasteiger partial charge in [-0.2, -0.15) is 0 Å². The minimum Gasteiger partial charge on any atom is -0.464 e. The number of carbonyl (C=O) groups is 1. The molecule has 26 heavy (non-hydrogen) atoms. The Kier molecular flexibility index (Phi) is 4.70. The second kappa shape index (κ2) is 6.67. The van der Waals surface area contributed by atoms with Crippen LogP contribution in [0.3, 0.4) is 0 Å². The Labute approximate surface area is 154 Å². The minimum atomic E-state index is -4.09. The van der Waals surface area contributed by atoms with Crippen LogP contribution in [0.1, 0.15) is 26.9 Å². The molecule has 2 heterocycles. The quantitative estimate of drug-likeness (QED) is 0.708. The zero-order valence-corrected chi connectivity index (χ0v) is 16.0. The predicted molar refractivity (Wildman–Crippen MR) is 99.8 cm³/mol. The van der Waals surface area contributed by atoms with Crippen molar-refractivity contribution in [3.8, 4) is 11.3 Å². The number of aromatic nitrogens is 1. The molecule has 0 bridgehead atoms. The van der Waals surface area contributed by atoms with Crippen LogP contribution in [0.2, 0.25) is 0 Å². The maximum atomic E-state index is 12.7. The Bertz CT molecular complexity index is 1100. The van der Waals surface area contributed by atoms with Crippen LogP contribution in [0.5, 0.6) is 0 Å². The average molecular weight is 391 g/mol. The first-order valence-corrected chi connectivity index (χ1v) is 10.1. The number of amides is 1. The van der Waals surface area contributed by atoms with Crippen molar-refractivity contribution in [3.63, 3.8) is 0 Å². The van der Waals surface area contributed by atoms with Crippen LogP contribution in [-0.4, -0.2) is 19.3 Å². The number of aryl methyl sites for hydroxylation is 3. The molecule has 7 nitrogen and oxygen atoms in total. The fourth-order valence-corrected chi connectivity index (χ4v) is 4.30. The number of hydrogen-bond acceptors (Lipinski definition) is 6. The molecule has 0 radical (unpaired) electrons. The van der Waals surface area contributed by atoms with E-state index in [9.17, 15) is 13.2 Å². The number of sulfonamides is 1. The van der Waals surface area contributed by atoms with Crippen molar-refractivity contribution < 1.29 is 17.6 Å². The van der Waals surface area contributed by atoms with Crippen molar-refractivity contribution in [2.45, 2.75) is 25.7 Å². The van der Waals surface area contributed by atoms with E-state index in [0.717, 1.165) is 16.3 Å². The molecule has 1 aromatic carbocycles. The summed E-state index contributed by atoms with van der Waals surface area (Å²) in [5.74, 6) is -0.327. The highest BCUT2D eigenvalue weighted by molar-refractivity contribution is 7.89. The number of primary sulfonamides is 1. The standard InChI is InChI=1S/C17H17N3O4S2/c1-9-15(16(10(2)24-9)26(18,22)23)17(21)20-13-6-4-5-12(7-13)14-8-25-11(3)19-14/h4-8H,1-3H3,(H,20,21)(H2,18,22,23). The van der Waals surface area contributed by atoms with Gasteiger partial charge in [-0.1, -0.05) is 12.1 Å². The van der Waals surface area contributed by atoms with Gasteiger partial charge in [-0.05, 0) is 32.9 Å². The van der Waals surface area contributed by atoms with Crippen molar-refractivity contribution in [1.82, 2.24) is 4.98 Å². The Balaban J connectivity index is 1.95. The van der Waals surface area contributed by atoms with Crippen molar-refractivity contribution in [2.24, 2.45) is 5.14 Å². The third-order valence-corrected chi connectivity index (χ3v) is 5.59. The summed E-state index contributed by atoms with van der Waals surface area (Å²) in [6.45, 7) is 4.89. The molecule has 0 saturated heterocycles. The monoisotopic (exact) mass is 391 g/mol. The van der Waals surface area contributed by atoms with Crippen LogP contribution in [0, 0.1) is 20.8 Å². The van der Waals surface area contributed by atoms with Gasteiger partial charge < -0.3 is 9.73 Å². The van der Waals surface area contributed by atoms with E-state index in [1.807, 2.05) is 18.4 Å². The molecule has 2 aromatic heterocycles. The van der Waals surface area contributed by atoms with Gasteiger partial charge in [0.05, 0.1) is 10.7 Å². The highest BCUT2D eigenvalue weighted by Crippen LogP contribution is 2.28.